The Bertz CT molecular complexity index is 398. The normalized spacial score (nSPS) is 21.4. The quantitative estimate of drug-likeness (QED) is 0.848. The molecule has 0 amide bonds. The second-order valence-corrected chi connectivity index (χ2v) is 5.62. The van der Waals surface area contributed by atoms with Crippen LogP contribution in [0.15, 0.2) is 0 Å². The third-order valence-corrected chi connectivity index (χ3v) is 3.92. The molecule has 0 bridgehead atoms. The summed E-state index contributed by atoms with van der Waals surface area (Å²) in [4.78, 5) is 4.83. The van der Waals surface area contributed by atoms with Crippen LogP contribution in [0.2, 0.25) is 0 Å². The van der Waals surface area contributed by atoms with Gasteiger partial charge in [-0.05, 0) is 25.7 Å². The molecule has 16 heavy (non-hydrogen) atoms. The Labute approximate surface area is 97.0 Å². The average Bonchev–Trinajstić information content (AvgIpc) is 2.91. The van der Waals surface area contributed by atoms with Gasteiger partial charge in [-0.2, -0.15) is 0 Å². The van der Waals surface area contributed by atoms with Crippen molar-refractivity contribution >= 4 is 5.82 Å². The summed E-state index contributed by atoms with van der Waals surface area (Å²) < 4.78 is 2.32. The molecule has 1 heterocycles. The molecule has 0 spiro atoms. The molecule has 0 unspecified atom stereocenters. The van der Waals surface area contributed by atoms with Crippen molar-refractivity contribution in [3.63, 3.8) is 0 Å². The fraction of sp³-hybridized carbons (Fsp3) is 0.769. The number of hydrogen-bond acceptors (Lipinski definition) is 2. The van der Waals surface area contributed by atoms with E-state index in [2.05, 4.69) is 18.4 Å². The van der Waals surface area contributed by atoms with Crippen LogP contribution in [0.3, 0.4) is 0 Å². The number of nitrogens with zero attached hydrogens (tertiary/aromatic N) is 2. The van der Waals surface area contributed by atoms with Crippen molar-refractivity contribution in [1.29, 1.82) is 0 Å². The highest BCUT2D eigenvalue weighted by Crippen LogP contribution is 2.45. The van der Waals surface area contributed by atoms with Crippen LogP contribution in [-0.4, -0.2) is 9.55 Å². The summed E-state index contributed by atoms with van der Waals surface area (Å²) in [5, 5.41) is 0. The molecule has 2 fully saturated rings. The highest BCUT2D eigenvalue weighted by atomic mass is 15.2. The van der Waals surface area contributed by atoms with Crippen LogP contribution >= 0.6 is 0 Å². The van der Waals surface area contributed by atoms with Crippen LogP contribution in [0.1, 0.15) is 75.3 Å². The molecule has 0 aromatic carbocycles. The molecule has 88 valence electrons. The van der Waals surface area contributed by atoms with E-state index in [-0.39, 0.29) is 0 Å². The van der Waals surface area contributed by atoms with E-state index in [1.807, 2.05) is 0 Å². The maximum atomic E-state index is 6.29. The van der Waals surface area contributed by atoms with E-state index in [1.54, 1.807) is 0 Å². The number of imidazole rings is 1. The average molecular weight is 219 g/mol. The highest BCUT2D eigenvalue weighted by Gasteiger charge is 2.33. The van der Waals surface area contributed by atoms with Crippen molar-refractivity contribution in [2.45, 2.75) is 63.8 Å². The van der Waals surface area contributed by atoms with Crippen molar-refractivity contribution in [3.05, 3.63) is 11.5 Å². The van der Waals surface area contributed by atoms with Crippen LogP contribution in [0.4, 0.5) is 5.82 Å². The largest absolute Gasteiger partial charge is 0.384 e. The molecule has 1 aromatic heterocycles. The zero-order chi connectivity index (χ0) is 11.3. The van der Waals surface area contributed by atoms with E-state index in [0.717, 1.165) is 5.82 Å². The van der Waals surface area contributed by atoms with Crippen molar-refractivity contribution in [2.75, 3.05) is 5.73 Å². The first-order valence-corrected chi connectivity index (χ1v) is 6.56. The lowest BCUT2D eigenvalue weighted by Gasteiger charge is -2.24. The number of hydrogen-bond donors (Lipinski definition) is 1. The van der Waals surface area contributed by atoms with Gasteiger partial charge in [0.15, 0.2) is 0 Å². The Hall–Kier alpha value is -0.990. The molecule has 0 radical (unpaired) electrons. The SMILES string of the molecule is CC(C)c1nc(C2CCC2)c(N)n1C1CC1. The molecule has 2 N–H and O–H groups in total. The first-order valence-electron chi connectivity index (χ1n) is 6.56. The van der Waals surface area contributed by atoms with E-state index in [9.17, 15) is 0 Å². The van der Waals surface area contributed by atoms with Crippen molar-refractivity contribution in [3.8, 4) is 0 Å². The number of nitrogen functional groups attached to an aromatic ring is 1. The Balaban J connectivity index is 2.02. The topological polar surface area (TPSA) is 43.8 Å². The van der Waals surface area contributed by atoms with Gasteiger partial charge in [0.2, 0.25) is 0 Å². The number of anilines is 1. The van der Waals surface area contributed by atoms with Crippen molar-refractivity contribution in [1.82, 2.24) is 9.55 Å². The van der Waals surface area contributed by atoms with Gasteiger partial charge in [0.1, 0.15) is 11.6 Å². The predicted molar refractivity (Wildman–Crippen MR) is 65.6 cm³/mol. The first kappa shape index (κ1) is 10.2. The molecule has 1 aromatic rings. The molecule has 0 saturated heterocycles. The Kier molecular flexibility index (Phi) is 2.23. The van der Waals surface area contributed by atoms with E-state index in [4.69, 9.17) is 10.7 Å². The van der Waals surface area contributed by atoms with E-state index < -0.39 is 0 Å². The van der Waals surface area contributed by atoms with Crippen molar-refractivity contribution in [2.24, 2.45) is 0 Å². The van der Waals surface area contributed by atoms with Gasteiger partial charge < -0.3 is 10.3 Å². The maximum Gasteiger partial charge on any atom is 0.127 e. The molecule has 0 aliphatic heterocycles. The molecule has 3 rings (SSSR count). The third kappa shape index (κ3) is 1.45. The zero-order valence-electron chi connectivity index (χ0n) is 10.2. The summed E-state index contributed by atoms with van der Waals surface area (Å²) in [5.41, 5.74) is 7.49. The van der Waals surface area contributed by atoms with Gasteiger partial charge in [-0.1, -0.05) is 20.3 Å². The van der Waals surface area contributed by atoms with Gasteiger partial charge in [-0.25, -0.2) is 4.98 Å². The lowest BCUT2D eigenvalue weighted by molar-refractivity contribution is 0.413. The minimum atomic E-state index is 0.483. The first-order chi connectivity index (χ1) is 7.68. The van der Waals surface area contributed by atoms with Gasteiger partial charge in [0, 0.05) is 17.9 Å². The minimum Gasteiger partial charge on any atom is -0.384 e. The molecule has 2 aliphatic rings. The maximum absolute atomic E-state index is 6.29. The molecule has 3 nitrogen and oxygen atoms in total. The number of aromatic nitrogens is 2. The molecule has 2 saturated carbocycles. The van der Waals surface area contributed by atoms with Gasteiger partial charge >= 0.3 is 0 Å². The summed E-state index contributed by atoms with van der Waals surface area (Å²) in [6, 6.07) is 0.652. The zero-order valence-corrected chi connectivity index (χ0v) is 10.2. The lowest BCUT2D eigenvalue weighted by atomic mass is 9.83. The molecular formula is C13H21N3. The van der Waals surface area contributed by atoms with Gasteiger partial charge in [-0.3, -0.25) is 0 Å². The second kappa shape index (κ2) is 3.51. The Morgan fingerprint density at radius 2 is 1.94 bits per heavy atom. The molecule has 3 heteroatoms. The molecular weight excluding hydrogens is 198 g/mol. The summed E-state index contributed by atoms with van der Waals surface area (Å²) in [7, 11) is 0. The van der Waals surface area contributed by atoms with Gasteiger partial charge in [-0.15, -0.1) is 0 Å². The third-order valence-electron chi connectivity index (χ3n) is 3.92. The van der Waals surface area contributed by atoms with Crippen LogP contribution in [0.5, 0.6) is 0 Å². The van der Waals surface area contributed by atoms with E-state index in [0.29, 0.717) is 17.9 Å². The van der Waals surface area contributed by atoms with E-state index in [1.165, 1.54) is 43.6 Å². The Morgan fingerprint density at radius 3 is 2.38 bits per heavy atom. The summed E-state index contributed by atoms with van der Waals surface area (Å²) >= 11 is 0. The number of rotatable bonds is 3. The van der Waals surface area contributed by atoms with Crippen LogP contribution in [-0.2, 0) is 0 Å². The second-order valence-electron chi connectivity index (χ2n) is 5.62. The Morgan fingerprint density at radius 1 is 1.25 bits per heavy atom. The summed E-state index contributed by atoms with van der Waals surface area (Å²) in [6.07, 6.45) is 6.47. The smallest absolute Gasteiger partial charge is 0.127 e. The fourth-order valence-corrected chi connectivity index (χ4v) is 2.59. The molecule has 0 atom stereocenters. The minimum absolute atomic E-state index is 0.483. The summed E-state index contributed by atoms with van der Waals surface area (Å²) in [6.45, 7) is 4.43. The predicted octanol–water partition coefficient (Wildman–Crippen LogP) is 3.19. The summed E-state index contributed by atoms with van der Waals surface area (Å²) in [5.74, 6) is 3.31. The van der Waals surface area contributed by atoms with Gasteiger partial charge in [0.25, 0.3) is 0 Å². The monoisotopic (exact) mass is 219 g/mol. The fourth-order valence-electron chi connectivity index (χ4n) is 2.59. The standard InChI is InChI=1S/C13H21N3/c1-8(2)13-15-11(9-4-3-5-9)12(14)16(13)10-6-7-10/h8-10H,3-7,14H2,1-2H3. The van der Waals surface area contributed by atoms with Crippen LogP contribution in [0, 0.1) is 0 Å². The highest BCUT2D eigenvalue weighted by molar-refractivity contribution is 5.43. The number of nitrogens with two attached hydrogens (primary N) is 1. The van der Waals surface area contributed by atoms with Gasteiger partial charge in [0.05, 0.1) is 5.69 Å². The molecule has 2 aliphatic carbocycles. The lowest BCUT2D eigenvalue weighted by Crippen LogP contribution is -2.12. The van der Waals surface area contributed by atoms with E-state index >= 15 is 0 Å². The van der Waals surface area contributed by atoms with Crippen molar-refractivity contribution < 1.29 is 0 Å². The van der Waals surface area contributed by atoms with Crippen LogP contribution in [0.25, 0.3) is 0 Å². The van der Waals surface area contributed by atoms with Crippen LogP contribution < -0.4 is 5.73 Å².